The van der Waals surface area contributed by atoms with E-state index < -0.39 is 12.0 Å². The Morgan fingerprint density at radius 1 is 1.43 bits per heavy atom. The van der Waals surface area contributed by atoms with Gasteiger partial charge in [-0.1, -0.05) is 0 Å². The number of carbonyl (C=O) groups excluding carboxylic acids is 2. The summed E-state index contributed by atoms with van der Waals surface area (Å²) in [6, 6.07) is 0. The molecule has 0 spiro atoms. The van der Waals surface area contributed by atoms with Crippen molar-refractivity contribution in [1.82, 2.24) is 10.6 Å². The molecule has 1 heterocycles. The molecule has 0 aromatic carbocycles. The Morgan fingerprint density at radius 2 is 2.00 bits per heavy atom. The third-order valence-corrected chi connectivity index (χ3v) is 2.34. The van der Waals surface area contributed by atoms with Crippen LogP contribution >= 0.6 is 0 Å². The van der Waals surface area contributed by atoms with Gasteiger partial charge in [-0.05, 0) is 32.9 Å². The molecular weight excluding hydrogens is 184 g/mol. The number of nitrogens with one attached hydrogen (secondary N) is 2. The van der Waals surface area contributed by atoms with E-state index in [4.69, 9.17) is 5.11 Å². The van der Waals surface area contributed by atoms with Crippen molar-refractivity contribution in [2.24, 2.45) is 5.92 Å². The van der Waals surface area contributed by atoms with Crippen LogP contribution in [0.4, 0.5) is 0 Å². The zero-order chi connectivity index (χ0) is 10.6. The molecule has 0 unspecified atom stereocenters. The lowest BCUT2D eigenvalue weighted by molar-refractivity contribution is -0.137. The molecule has 1 atom stereocenters. The van der Waals surface area contributed by atoms with Gasteiger partial charge in [0.25, 0.3) is 5.91 Å². The Labute approximate surface area is 82.9 Å². The molecule has 14 heavy (non-hydrogen) atoms. The Balaban J connectivity index is 2.37. The lowest BCUT2D eigenvalue weighted by Gasteiger charge is -2.21. The van der Waals surface area contributed by atoms with Crippen LogP contribution in [-0.2, 0) is 9.59 Å². The van der Waals surface area contributed by atoms with Crippen LogP contribution in [-0.4, -0.2) is 36.1 Å². The van der Waals surface area contributed by atoms with Gasteiger partial charge in [-0.3, -0.25) is 14.9 Å². The molecule has 0 aliphatic carbocycles. The van der Waals surface area contributed by atoms with E-state index in [0.717, 1.165) is 25.9 Å². The molecule has 1 aliphatic heterocycles. The fraction of sp³-hybridized carbons (Fsp3) is 0.778. The van der Waals surface area contributed by atoms with Gasteiger partial charge in [0.15, 0.2) is 0 Å². The van der Waals surface area contributed by atoms with Gasteiger partial charge in [0.05, 0.1) is 0 Å². The van der Waals surface area contributed by atoms with Crippen LogP contribution in [0.1, 0.15) is 19.8 Å². The summed E-state index contributed by atoms with van der Waals surface area (Å²) in [5.41, 5.74) is 0. The zero-order valence-corrected chi connectivity index (χ0v) is 8.25. The minimum Gasteiger partial charge on any atom is -0.384 e. The molecule has 0 saturated carbocycles. The standard InChI is InChI=1S/C9H16N2O3/c1-6(12)8(13)11-9(14)7-2-4-10-5-3-7/h6-7,10,12H,2-5H2,1H3,(H,11,13,14)/t6-/m1/s1. The maximum Gasteiger partial charge on any atom is 0.255 e. The molecule has 1 rings (SSSR count). The van der Waals surface area contributed by atoms with Crippen molar-refractivity contribution in [3.8, 4) is 0 Å². The van der Waals surface area contributed by atoms with Crippen LogP contribution in [0.5, 0.6) is 0 Å². The van der Waals surface area contributed by atoms with E-state index in [0.29, 0.717) is 0 Å². The van der Waals surface area contributed by atoms with Gasteiger partial charge in [-0.15, -0.1) is 0 Å². The molecule has 0 bridgehead atoms. The Kier molecular flexibility index (Phi) is 4.03. The maximum absolute atomic E-state index is 11.4. The van der Waals surface area contributed by atoms with Gasteiger partial charge in [0, 0.05) is 5.92 Å². The predicted octanol–water partition coefficient (Wildman–Crippen LogP) is -0.990. The molecule has 0 aromatic heterocycles. The first-order chi connectivity index (χ1) is 6.61. The molecular formula is C9H16N2O3. The van der Waals surface area contributed by atoms with Gasteiger partial charge >= 0.3 is 0 Å². The van der Waals surface area contributed by atoms with Crippen molar-refractivity contribution < 1.29 is 14.7 Å². The summed E-state index contributed by atoms with van der Waals surface area (Å²) < 4.78 is 0. The number of hydrogen-bond acceptors (Lipinski definition) is 4. The third-order valence-electron chi connectivity index (χ3n) is 2.34. The number of carbonyl (C=O) groups is 2. The van der Waals surface area contributed by atoms with E-state index in [1.165, 1.54) is 6.92 Å². The Hall–Kier alpha value is -0.940. The maximum atomic E-state index is 11.4. The van der Waals surface area contributed by atoms with Crippen LogP contribution in [0, 0.1) is 5.92 Å². The first kappa shape index (κ1) is 11.1. The zero-order valence-electron chi connectivity index (χ0n) is 8.25. The molecule has 2 amide bonds. The minimum absolute atomic E-state index is 0.0982. The molecule has 1 aliphatic rings. The smallest absolute Gasteiger partial charge is 0.255 e. The monoisotopic (exact) mass is 200 g/mol. The topological polar surface area (TPSA) is 78.4 Å². The predicted molar refractivity (Wildman–Crippen MR) is 50.4 cm³/mol. The van der Waals surface area contributed by atoms with Crippen LogP contribution < -0.4 is 10.6 Å². The van der Waals surface area contributed by atoms with E-state index in [1.54, 1.807) is 0 Å². The number of rotatable bonds is 2. The first-order valence-corrected chi connectivity index (χ1v) is 4.84. The second kappa shape index (κ2) is 5.07. The highest BCUT2D eigenvalue weighted by Gasteiger charge is 2.23. The molecule has 5 heteroatoms. The van der Waals surface area contributed by atoms with Crippen LogP contribution in [0.15, 0.2) is 0 Å². The summed E-state index contributed by atoms with van der Waals surface area (Å²) in [5, 5.41) is 14.2. The van der Waals surface area contributed by atoms with Crippen molar-refractivity contribution in [1.29, 1.82) is 0 Å². The summed E-state index contributed by atoms with van der Waals surface area (Å²) in [4.78, 5) is 22.4. The highest BCUT2D eigenvalue weighted by molar-refractivity contribution is 5.97. The van der Waals surface area contributed by atoms with Crippen molar-refractivity contribution in [2.45, 2.75) is 25.9 Å². The first-order valence-electron chi connectivity index (χ1n) is 4.84. The molecule has 80 valence electrons. The molecule has 0 aromatic rings. The summed E-state index contributed by atoms with van der Waals surface area (Å²) in [5.74, 6) is -0.982. The van der Waals surface area contributed by atoms with Crippen molar-refractivity contribution in [2.75, 3.05) is 13.1 Å². The highest BCUT2D eigenvalue weighted by atomic mass is 16.3. The van der Waals surface area contributed by atoms with Gasteiger partial charge in [0.2, 0.25) is 5.91 Å². The number of amides is 2. The van der Waals surface area contributed by atoms with E-state index in [-0.39, 0.29) is 11.8 Å². The average Bonchev–Trinajstić information content (AvgIpc) is 2.19. The van der Waals surface area contributed by atoms with Crippen LogP contribution in [0.2, 0.25) is 0 Å². The Morgan fingerprint density at radius 3 is 2.50 bits per heavy atom. The number of aliphatic hydroxyl groups is 1. The number of aliphatic hydroxyl groups excluding tert-OH is 1. The normalized spacial score (nSPS) is 20.1. The van der Waals surface area contributed by atoms with Crippen molar-refractivity contribution in [3.05, 3.63) is 0 Å². The lowest BCUT2D eigenvalue weighted by Crippen LogP contribution is -2.43. The lowest BCUT2D eigenvalue weighted by atomic mass is 9.97. The summed E-state index contributed by atoms with van der Waals surface area (Å²) >= 11 is 0. The second-order valence-electron chi connectivity index (χ2n) is 3.55. The summed E-state index contributed by atoms with van der Waals surface area (Å²) in [6.07, 6.45) is 0.373. The summed E-state index contributed by atoms with van der Waals surface area (Å²) in [7, 11) is 0. The van der Waals surface area contributed by atoms with E-state index in [9.17, 15) is 9.59 Å². The highest BCUT2D eigenvalue weighted by Crippen LogP contribution is 2.11. The number of imide groups is 1. The van der Waals surface area contributed by atoms with E-state index >= 15 is 0 Å². The molecule has 5 nitrogen and oxygen atoms in total. The van der Waals surface area contributed by atoms with Gasteiger partial charge in [-0.2, -0.15) is 0 Å². The van der Waals surface area contributed by atoms with Crippen molar-refractivity contribution in [3.63, 3.8) is 0 Å². The minimum atomic E-state index is -1.12. The van der Waals surface area contributed by atoms with Gasteiger partial charge < -0.3 is 10.4 Å². The number of hydrogen-bond donors (Lipinski definition) is 3. The van der Waals surface area contributed by atoms with Crippen LogP contribution in [0.3, 0.4) is 0 Å². The number of piperidine rings is 1. The molecule has 1 saturated heterocycles. The van der Waals surface area contributed by atoms with E-state index in [2.05, 4.69) is 10.6 Å². The largest absolute Gasteiger partial charge is 0.384 e. The van der Waals surface area contributed by atoms with Crippen LogP contribution in [0.25, 0.3) is 0 Å². The summed E-state index contributed by atoms with van der Waals surface area (Å²) in [6.45, 7) is 2.95. The van der Waals surface area contributed by atoms with E-state index in [1.807, 2.05) is 0 Å². The fourth-order valence-corrected chi connectivity index (χ4v) is 1.41. The quantitative estimate of drug-likeness (QED) is 0.535. The molecule has 1 fully saturated rings. The van der Waals surface area contributed by atoms with Crippen molar-refractivity contribution >= 4 is 11.8 Å². The SMILES string of the molecule is C[C@@H](O)C(=O)NC(=O)C1CCNCC1. The second-order valence-corrected chi connectivity index (χ2v) is 3.55. The molecule has 3 N–H and O–H groups in total. The fourth-order valence-electron chi connectivity index (χ4n) is 1.41. The third kappa shape index (κ3) is 3.08. The average molecular weight is 200 g/mol. The van der Waals surface area contributed by atoms with Gasteiger partial charge in [-0.25, -0.2) is 0 Å². The molecule has 0 radical (unpaired) electrons. The Bertz CT molecular complexity index is 222. The van der Waals surface area contributed by atoms with Gasteiger partial charge in [0.1, 0.15) is 6.10 Å².